The van der Waals surface area contributed by atoms with Gasteiger partial charge in [-0.2, -0.15) is 0 Å². The Bertz CT molecular complexity index is 1010. The van der Waals surface area contributed by atoms with Crippen molar-refractivity contribution in [1.82, 2.24) is 14.3 Å². The van der Waals surface area contributed by atoms with Gasteiger partial charge >= 0.3 is 0 Å². The zero-order chi connectivity index (χ0) is 17.4. The predicted octanol–water partition coefficient (Wildman–Crippen LogP) is 1.11. The maximum Gasteiger partial charge on any atom is 0.258 e. The van der Waals surface area contributed by atoms with Crippen LogP contribution in [-0.2, 0) is 24.3 Å². The Morgan fingerprint density at radius 1 is 1.16 bits per heavy atom. The molecule has 1 aliphatic heterocycles. The summed E-state index contributed by atoms with van der Waals surface area (Å²) in [6.45, 7) is 1.02. The molecule has 1 amide bonds. The highest BCUT2D eigenvalue weighted by Crippen LogP contribution is 2.24. The van der Waals surface area contributed by atoms with Gasteiger partial charge in [0.15, 0.2) is 0 Å². The molecule has 1 atom stereocenters. The van der Waals surface area contributed by atoms with Crippen LogP contribution in [0.4, 0.5) is 0 Å². The summed E-state index contributed by atoms with van der Waals surface area (Å²) in [5, 5.41) is 0. The van der Waals surface area contributed by atoms with Gasteiger partial charge in [-0.1, -0.05) is 30.3 Å². The van der Waals surface area contributed by atoms with Crippen molar-refractivity contribution in [3.05, 3.63) is 81.9 Å². The number of hydrogen-bond acceptors (Lipinski definition) is 4. The van der Waals surface area contributed by atoms with Crippen molar-refractivity contribution < 1.29 is 4.79 Å². The molecule has 0 aliphatic carbocycles. The van der Waals surface area contributed by atoms with Gasteiger partial charge in [0.05, 0.1) is 11.7 Å². The average molecular weight is 334 g/mol. The molecule has 2 N–H and O–H groups in total. The second-order valence-corrected chi connectivity index (χ2v) is 6.31. The van der Waals surface area contributed by atoms with E-state index in [4.69, 9.17) is 5.73 Å². The molecule has 1 aliphatic rings. The first-order chi connectivity index (χ1) is 12.1. The molecule has 0 unspecified atom stereocenters. The molecule has 4 rings (SSSR count). The zero-order valence-electron chi connectivity index (χ0n) is 13.6. The van der Waals surface area contributed by atoms with Gasteiger partial charge in [0.25, 0.3) is 5.56 Å². The lowest BCUT2D eigenvalue weighted by molar-refractivity contribution is -0.124. The fraction of sp³-hybridized carbons (Fsp3) is 0.211. The number of rotatable bonds is 3. The number of primary amides is 1. The largest absolute Gasteiger partial charge is 0.368 e. The standard InChI is InChI=1S/C19H18N4O2/c20-19(25)16-9-13-5-1-2-6-14(13)11-22(16)12-15-10-18(24)23-8-4-3-7-17(23)21-15/h1-8,10,16H,9,11-12H2,(H2,20,25)/t16-/m0/s1. The molecule has 3 heterocycles. The van der Waals surface area contributed by atoms with Crippen LogP contribution in [0.25, 0.3) is 5.65 Å². The van der Waals surface area contributed by atoms with E-state index in [1.54, 1.807) is 18.3 Å². The van der Waals surface area contributed by atoms with Crippen LogP contribution in [-0.4, -0.2) is 26.2 Å². The third-order valence-corrected chi connectivity index (χ3v) is 4.66. The SMILES string of the molecule is NC(=O)[C@@H]1Cc2ccccc2CN1Cc1cc(=O)n2ccccc2n1. The predicted molar refractivity (Wildman–Crippen MR) is 93.8 cm³/mol. The lowest BCUT2D eigenvalue weighted by Crippen LogP contribution is -2.48. The Labute approximate surface area is 144 Å². The summed E-state index contributed by atoms with van der Waals surface area (Å²) in [4.78, 5) is 30.7. The van der Waals surface area contributed by atoms with Crippen molar-refractivity contribution in [3.63, 3.8) is 0 Å². The van der Waals surface area contributed by atoms with Gasteiger partial charge in [0.1, 0.15) is 5.65 Å². The summed E-state index contributed by atoms with van der Waals surface area (Å²) in [5.41, 5.74) is 9.05. The lowest BCUT2D eigenvalue weighted by Gasteiger charge is -2.34. The van der Waals surface area contributed by atoms with Crippen LogP contribution in [0, 0.1) is 0 Å². The number of pyridine rings is 1. The fourth-order valence-corrected chi connectivity index (χ4v) is 3.42. The molecular formula is C19H18N4O2. The second-order valence-electron chi connectivity index (χ2n) is 6.31. The van der Waals surface area contributed by atoms with Crippen LogP contribution < -0.4 is 11.3 Å². The topological polar surface area (TPSA) is 80.7 Å². The van der Waals surface area contributed by atoms with Crippen molar-refractivity contribution in [2.24, 2.45) is 5.73 Å². The van der Waals surface area contributed by atoms with Gasteiger partial charge in [-0.15, -0.1) is 0 Å². The quantitative estimate of drug-likeness (QED) is 0.778. The fourth-order valence-electron chi connectivity index (χ4n) is 3.42. The van der Waals surface area contributed by atoms with Gasteiger partial charge < -0.3 is 5.73 Å². The van der Waals surface area contributed by atoms with E-state index >= 15 is 0 Å². The van der Waals surface area contributed by atoms with Crippen molar-refractivity contribution in [2.75, 3.05) is 0 Å². The molecule has 6 nitrogen and oxygen atoms in total. The number of amides is 1. The second kappa shape index (κ2) is 6.14. The maximum atomic E-state index is 12.3. The summed E-state index contributed by atoms with van der Waals surface area (Å²) in [5.74, 6) is -0.355. The van der Waals surface area contributed by atoms with Crippen molar-refractivity contribution in [3.8, 4) is 0 Å². The van der Waals surface area contributed by atoms with Crippen molar-refractivity contribution in [1.29, 1.82) is 0 Å². The van der Waals surface area contributed by atoms with E-state index in [0.717, 1.165) is 5.56 Å². The van der Waals surface area contributed by atoms with Crippen LogP contribution >= 0.6 is 0 Å². The molecule has 25 heavy (non-hydrogen) atoms. The monoisotopic (exact) mass is 334 g/mol. The highest BCUT2D eigenvalue weighted by molar-refractivity contribution is 5.80. The number of benzene rings is 1. The Kier molecular flexibility index (Phi) is 3.82. The molecule has 1 aromatic carbocycles. The lowest BCUT2D eigenvalue weighted by atomic mass is 9.93. The summed E-state index contributed by atoms with van der Waals surface area (Å²) in [6.07, 6.45) is 2.27. The normalized spacial score (nSPS) is 17.4. The molecule has 0 saturated carbocycles. The van der Waals surface area contributed by atoms with E-state index in [1.807, 2.05) is 29.2 Å². The molecular weight excluding hydrogens is 316 g/mol. The summed E-state index contributed by atoms with van der Waals surface area (Å²) >= 11 is 0. The minimum Gasteiger partial charge on any atom is -0.368 e. The highest BCUT2D eigenvalue weighted by atomic mass is 16.1. The van der Waals surface area contributed by atoms with E-state index in [9.17, 15) is 9.59 Å². The van der Waals surface area contributed by atoms with E-state index < -0.39 is 6.04 Å². The van der Waals surface area contributed by atoms with Gasteiger partial charge in [0.2, 0.25) is 5.91 Å². The Morgan fingerprint density at radius 2 is 1.92 bits per heavy atom. The molecule has 3 aromatic rings. The summed E-state index contributed by atoms with van der Waals surface area (Å²) in [6, 6.07) is 14.6. The molecule has 2 aromatic heterocycles. The molecule has 0 spiro atoms. The van der Waals surface area contributed by atoms with E-state index in [0.29, 0.717) is 30.9 Å². The van der Waals surface area contributed by atoms with E-state index in [-0.39, 0.29) is 11.5 Å². The number of fused-ring (bicyclic) bond motifs is 2. The Hall–Kier alpha value is -2.99. The van der Waals surface area contributed by atoms with E-state index in [2.05, 4.69) is 11.1 Å². The number of hydrogen-bond donors (Lipinski definition) is 1. The Morgan fingerprint density at radius 3 is 2.72 bits per heavy atom. The number of carbonyl (C=O) groups excluding carboxylic acids is 1. The van der Waals surface area contributed by atoms with Crippen LogP contribution in [0.3, 0.4) is 0 Å². The van der Waals surface area contributed by atoms with Gasteiger partial charge in [0, 0.05) is 25.4 Å². The first-order valence-electron chi connectivity index (χ1n) is 8.19. The maximum absolute atomic E-state index is 12.3. The summed E-state index contributed by atoms with van der Waals surface area (Å²) < 4.78 is 1.50. The van der Waals surface area contributed by atoms with Gasteiger partial charge in [-0.05, 0) is 29.7 Å². The van der Waals surface area contributed by atoms with Crippen molar-refractivity contribution >= 4 is 11.6 Å². The first kappa shape index (κ1) is 15.5. The summed E-state index contributed by atoms with van der Waals surface area (Å²) in [7, 11) is 0. The zero-order valence-corrected chi connectivity index (χ0v) is 13.6. The van der Waals surface area contributed by atoms with Crippen molar-refractivity contribution in [2.45, 2.75) is 25.6 Å². The Balaban J connectivity index is 1.69. The minimum absolute atomic E-state index is 0.131. The number of carbonyl (C=O) groups is 1. The van der Waals surface area contributed by atoms with Gasteiger partial charge in [-0.25, -0.2) is 4.98 Å². The molecule has 0 radical (unpaired) electrons. The van der Waals surface area contributed by atoms with Gasteiger partial charge in [-0.3, -0.25) is 18.9 Å². The van der Waals surface area contributed by atoms with Crippen LogP contribution in [0.1, 0.15) is 16.8 Å². The van der Waals surface area contributed by atoms with Crippen LogP contribution in [0.5, 0.6) is 0 Å². The number of nitrogens with two attached hydrogens (primary N) is 1. The van der Waals surface area contributed by atoms with Crippen LogP contribution in [0.2, 0.25) is 0 Å². The molecule has 0 saturated heterocycles. The minimum atomic E-state index is -0.397. The smallest absolute Gasteiger partial charge is 0.258 e. The third-order valence-electron chi connectivity index (χ3n) is 4.66. The number of aromatic nitrogens is 2. The molecule has 0 fully saturated rings. The molecule has 126 valence electrons. The molecule has 6 heteroatoms. The average Bonchev–Trinajstić information content (AvgIpc) is 2.61. The highest BCUT2D eigenvalue weighted by Gasteiger charge is 2.30. The van der Waals surface area contributed by atoms with E-state index in [1.165, 1.54) is 16.0 Å². The third kappa shape index (κ3) is 2.92. The number of nitrogens with zero attached hydrogens (tertiary/aromatic N) is 3. The molecule has 0 bridgehead atoms. The first-order valence-corrected chi connectivity index (χ1v) is 8.19. The van der Waals surface area contributed by atoms with Crippen LogP contribution in [0.15, 0.2) is 59.5 Å².